The molecule has 0 fully saturated rings. The maximum atomic E-state index is 8.97. The normalized spacial score (nSPS) is 16.9. The molecule has 3 rings (SSSR count). The van der Waals surface area contributed by atoms with Crippen molar-refractivity contribution in [3.8, 4) is 0 Å². The van der Waals surface area contributed by atoms with Crippen molar-refractivity contribution in [3.63, 3.8) is 0 Å². The number of nitrogens with one attached hydrogen (secondary N) is 1. The fraction of sp³-hybridized carbons (Fsp3) is 0.529. The van der Waals surface area contributed by atoms with Crippen molar-refractivity contribution >= 4 is 22.8 Å². The van der Waals surface area contributed by atoms with Gasteiger partial charge in [0.05, 0.1) is 30.7 Å². The Balaban J connectivity index is 1.58. The topological polar surface area (TPSA) is 61.3 Å². The molecule has 2 N–H and O–H groups in total. The molecule has 1 aliphatic carbocycles. The molecule has 2 heterocycles. The first-order chi connectivity index (χ1) is 11.2. The molecule has 23 heavy (non-hydrogen) atoms. The Bertz CT molecular complexity index is 641. The maximum absolute atomic E-state index is 8.97. The minimum atomic E-state index is 0.143. The third-order valence-corrected chi connectivity index (χ3v) is 5.40. The first-order valence-corrected chi connectivity index (χ1v) is 8.96. The largest absolute Gasteiger partial charge is 0.395 e. The Morgan fingerprint density at radius 3 is 3.04 bits per heavy atom. The van der Waals surface area contributed by atoms with Crippen LogP contribution in [0.1, 0.15) is 28.9 Å². The summed E-state index contributed by atoms with van der Waals surface area (Å²) in [5, 5.41) is 13.5. The van der Waals surface area contributed by atoms with E-state index in [0.29, 0.717) is 6.54 Å². The average molecular weight is 332 g/mol. The zero-order chi connectivity index (χ0) is 16.2. The molecule has 0 aromatic carbocycles. The number of anilines is 2. The molecule has 5 nitrogen and oxygen atoms in total. The Labute approximate surface area is 141 Å². The zero-order valence-electron chi connectivity index (χ0n) is 13.7. The second-order valence-corrected chi connectivity index (χ2v) is 7.39. The summed E-state index contributed by atoms with van der Waals surface area (Å²) < 4.78 is 0. The molecule has 6 heteroatoms. The summed E-state index contributed by atoms with van der Waals surface area (Å²) in [6.45, 7) is 3.80. The molecule has 0 bridgehead atoms. The first kappa shape index (κ1) is 16.2. The number of thiazole rings is 1. The predicted octanol–water partition coefficient (Wildman–Crippen LogP) is 2.70. The molecule has 0 saturated carbocycles. The highest BCUT2D eigenvalue weighted by molar-refractivity contribution is 7.11. The predicted molar refractivity (Wildman–Crippen MR) is 95.2 cm³/mol. The molecule has 0 amide bonds. The van der Waals surface area contributed by atoms with E-state index in [2.05, 4.69) is 17.2 Å². The summed E-state index contributed by atoms with van der Waals surface area (Å²) in [5.41, 5.74) is 2.31. The second-order valence-electron chi connectivity index (χ2n) is 6.23. The van der Waals surface area contributed by atoms with Crippen LogP contribution in [0.5, 0.6) is 0 Å². The van der Waals surface area contributed by atoms with Crippen LogP contribution in [0, 0.1) is 5.92 Å². The van der Waals surface area contributed by atoms with Gasteiger partial charge in [-0.05, 0) is 37.3 Å². The molecular formula is C17H24N4OS. The number of aromatic nitrogens is 2. The third kappa shape index (κ3) is 4.00. The Morgan fingerprint density at radius 1 is 1.43 bits per heavy atom. The minimum absolute atomic E-state index is 0.143. The van der Waals surface area contributed by atoms with Crippen LogP contribution in [0.3, 0.4) is 0 Å². The number of likely N-dealkylation sites (N-methyl/N-ethyl adjacent to an activating group) is 1. The van der Waals surface area contributed by atoms with Crippen LogP contribution in [-0.4, -0.2) is 35.3 Å². The van der Waals surface area contributed by atoms with Gasteiger partial charge in [-0.25, -0.2) is 9.97 Å². The van der Waals surface area contributed by atoms with Gasteiger partial charge >= 0.3 is 0 Å². The summed E-state index contributed by atoms with van der Waals surface area (Å²) in [7, 11) is 1.95. The number of hydrogen-bond acceptors (Lipinski definition) is 6. The molecule has 0 radical (unpaired) electrons. The van der Waals surface area contributed by atoms with Gasteiger partial charge in [0, 0.05) is 18.5 Å². The molecular weight excluding hydrogens is 308 g/mol. The third-order valence-electron chi connectivity index (χ3n) is 4.28. The highest BCUT2D eigenvalue weighted by Gasteiger charge is 2.19. The van der Waals surface area contributed by atoms with Crippen molar-refractivity contribution in [2.24, 2.45) is 5.92 Å². The van der Waals surface area contributed by atoms with Crippen molar-refractivity contribution in [3.05, 3.63) is 33.9 Å². The van der Waals surface area contributed by atoms with Gasteiger partial charge in [0.1, 0.15) is 10.8 Å². The summed E-state index contributed by atoms with van der Waals surface area (Å²) in [4.78, 5) is 12.6. The number of hydrogen-bond donors (Lipinski definition) is 2. The van der Waals surface area contributed by atoms with Crippen LogP contribution in [-0.2, 0) is 19.4 Å². The van der Waals surface area contributed by atoms with Crippen LogP contribution in [0.4, 0.5) is 11.5 Å². The summed E-state index contributed by atoms with van der Waals surface area (Å²) >= 11 is 1.84. The molecule has 0 aliphatic heterocycles. The van der Waals surface area contributed by atoms with E-state index in [1.165, 1.54) is 23.4 Å². The van der Waals surface area contributed by atoms with Crippen molar-refractivity contribution < 1.29 is 5.11 Å². The smallest absolute Gasteiger partial charge is 0.126 e. The van der Waals surface area contributed by atoms with Crippen LogP contribution in [0.15, 0.2) is 18.3 Å². The Hall–Kier alpha value is -1.66. The van der Waals surface area contributed by atoms with E-state index in [9.17, 15) is 0 Å². The van der Waals surface area contributed by atoms with Crippen molar-refractivity contribution in [2.45, 2.75) is 32.7 Å². The Kier molecular flexibility index (Phi) is 5.13. The van der Waals surface area contributed by atoms with E-state index < -0.39 is 0 Å². The van der Waals surface area contributed by atoms with Crippen LogP contribution < -0.4 is 10.2 Å². The highest BCUT2D eigenvalue weighted by Crippen LogP contribution is 2.30. The fourth-order valence-electron chi connectivity index (χ4n) is 2.83. The van der Waals surface area contributed by atoms with Crippen LogP contribution >= 0.6 is 11.3 Å². The molecule has 0 saturated heterocycles. The van der Waals surface area contributed by atoms with Crippen molar-refractivity contribution in [2.75, 3.05) is 30.4 Å². The van der Waals surface area contributed by atoms with Gasteiger partial charge in [0.2, 0.25) is 0 Å². The fourth-order valence-corrected chi connectivity index (χ4v) is 4.05. The molecule has 1 aliphatic rings. The van der Waals surface area contributed by atoms with Gasteiger partial charge < -0.3 is 15.3 Å². The number of aryl methyl sites for hydroxylation is 1. The van der Waals surface area contributed by atoms with E-state index in [-0.39, 0.29) is 6.61 Å². The SMILES string of the molecule is CC1CCc2nc(CNc3ccc(N(C)CCO)cn3)sc2C1. The summed E-state index contributed by atoms with van der Waals surface area (Å²) in [5.74, 6) is 1.64. The van der Waals surface area contributed by atoms with Gasteiger partial charge in [-0.15, -0.1) is 11.3 Å². The first-order valence-electron chi connectivity index (χ1n) is 8.15. The van der Waals surface area contributed by atoms with Gasteiger partial charge in [-0.3, -0.25) is 0 Å². The van der Waals surface area contributed by atoms with Gasteiger partial charge in [0.25, 0.3) is 0 Å². The van der Waals surface area contributed by atoms with E-state index >= 15 is 0 Å². The van der Waals surface area contributed by atoms with E-state index in [1.54, 1.807) is 0 Å². The number of pyridine rings is 1. The number of nitrogens with zero attached hydrogens (tertiary/aromatic N) is 3. The Morgan fingerprint density at radius 2 is 2.30 bits per heavy atom. The van der Waals surface area contributed by atoms with Crippen molar-refractivity contribution in [1.82, 2.24) is 9.97 Å². The number of aliphatic hydroxyl groups is 1. The lowest BCUT2D eigenvalue weighted by Gasteiger charge is -2.17. The van der Waals surface area contributed by atoms with Gasteiger partial charge in [0.15, 0.2) is 0 Å². The second kappa shape index (κ2) is 7.27. The zero-order valence-corrected chi connectivity index (χ0v) is 14.6. The lowest BCUT2D eigenvalue weighted by atomic mass is 9.93. The molecule has 2 aromatic heterocycles. The quantitative estimate of drug-likeness (QED) is 0.852. The average Bonchev–Trinajstić information content (AvgIpc) is 2.95. The number of aliphatic hydroxyl groups excluding tert-OH is 1. The molecule has 2 aromatic rings. The standard InChI is InChI=1S/C17H24N4OS/c1-12-3-5-14-15(9-12)23-17(20-14)11-19-16-6-4-13(10-18-16)21(2)7-8-22/h4,6,10,12,22H,3,5,7-9,11H2,1-2H3,(H,18,19). The van der Waals surface area contributed by atoms with E-state index in [4.69, 9.17) is 10.1 Å². The molecule has 1 unspecified atom stereocenters. The molecule has 0 spiro atoms. The lowest BCUT2D eigenvalue weighted by molar-refractivity contribution is 0.304. The maximum Gasteiger partial charge on any atom is 0.126 e. The summed E-state index contributed by atoms with van der Waals surface area (Å²) in [6.07, 6.45) is 5.38. The number of rotatable bonds is 6. The van der Waals surface area contributed by atoms with Gasteiger partial charge in [-0.2, -0.15) is 0 Å². The van der Waals surface area contributed by atoms with E-state index in [0.717, 1.165) is 35.4 Å². The monoisotopic (exact) mass is 332 g/mol. The van der Waals surface area contributed by atoms with Crippen LogP contribution in [0.2, 0.25) is 0 Å². The van der Waals surface area contributed by atoms with Crippen LogP contribution in [0.25, 0.3) is 0 Å². The lowest BCUT2D eigenvalue weighted by Crippen LogP contribution is -2.21. The van der Waals surface area contributed by atoms with Gasteiger partial charge in [-0.1, -0.05) is 6.92 Å². The summed E-state index contributed by atoms with van der Waals surface area (Å²) in [6, 6.07) is 3.98. The molecule has 124 valence electrons. The van der Waals surface area contributed by atoms with E-state index in [1.807, 2.05) is 41.6 Å². The number of fused-ring (bicyclic) bond motifs is 1. The highest BCUT2D eigenvalue weighted by atomic mass is 32.1. The molecule has 1 atom stereocenters. The minimum Gasteiger partial charge on any atom is -0.395 e. The van der Waals surface area contributed by atoms with Crippen molar-refractivity contribution in [1.29, 1.82) is 0 Å².